The Morgan fingerprint density at radius 1 is 0.284 bits per heavy atom. The van der Waals surface area contributed by atoms with Crippen LogP contribution < -0.4 is 0 Å². The van der Waals surface area contributed by atoms with E-state index in [0.29, 0.717) is 19.3 Å². The summed E-state index contributed by atoms with van der Waals surface area (Å²) in [5, 5.41) is 0. The van der Waals surface area contributed by atoms with Crippen LogP contribution in [0.4, 0.5) is 0 Å². The highest BCUT2D eigenvalue weighted by molar-refractivity contribution is 5.71. The van der Waals surface area contributed by atoms with Crippen LogP contribution in [-0.2, 0) is 28.6 Å². The topological polar surface area (TPSA) is 78.9 Å². The van der Waals surface area contributed by atoms with Gasteiger partial charge in [0, 0.05) is 19.3 Å². The van der Waals surface area contributed by atoms with Crippen molar-refractivity contribution in [3.8, 4) is 0 Å². The number of hydrogen-bond donors (Lipinski definition) is 0. The summed E-state index contributed by atoms with van der Waals surface area (Å²) in [6, 6.07) is 0. The van der Waals surface area contributed by atoms with Gasteiger partial charge >= 0.3 is 17.9 Å². The Morgan fingerprint density at radius 3 is 0.851 bits per heavy atom. The van der Waals surface area contributed by atoms with Crippen molar-refractivity contribution in [2.75, 3.05) is 13.2 Å². The van der Waals surface area contributed by atoms with Crippen LogP contribution in [0.2, 0.25) is 0 Å². The lowest BCUT2D eigenvalue weighted by Gasteiger charge is -2.18. The molecule has 0 rings (SSSR count). The number of unbranched alkanes of at least 4 members (excludes halogenated alkanes) is 26. The summed E-state index contributed by atoms with van der Waals surface area (Å²) in [7, 11) is 0. The van der Waals surface area contributed by atoms with Gasteiger partial charge in [-0.2, -0.15) is 0 Å². The molecule has 74 heavy (non-hydrogen) atoms. The summed E-state index contributed by atoms with van der Waals surface area (Å²) in [6.45, 7) is 6.43. The third kappa shape index (κ3) is 59.0. The second kappa shape index (κ2) is 61.6. The van der Waals surface area contributed by atoms with Gasteiger partial charge < -0.3 is 14.2 Å². The first-order valence-corrected chi connectivity index (χ1v) is 30.9. The van der Waals surface area contributed by atoms with E-state index in [0.717, 1.165) is 122 Å². The molecule has 0 saturated carbocycles. The van der Waals surface area contributed by atoms with Gasteiger partial charge in [0.1, 0.15) is 13.2 Å². The number of rotatable bonds is 55. The first-order chi connectivity index (χ1) is 36.5. The van der Waals surface area contributed by atoms with Gasteiger partial charge in [0.2, 0.25) is 0 Å². The minimum absolute atomic E-state index is 0.0833. The summed E-state index contributed by atoms with van der Waals surface area (Å²) >= 11 is 0. The Balaban J connectivity index is 4.10. The summed E-state index contributed by atoms with van der Waals surface area (Å²) in [6.07, 6.45) is 84.1. The number of carbonyl (C=O) groups excluding carboxylic acids is 3. The molecule has 1 atom stereocenters. The molecule has 0 radical (unpaired) electrons. The fraction of sp³-hybridized carbons (Fsp3) is 0.691. The lowest BCUT2D eigenvalue weighted by Crippen LogP contribution is -2.30. The lowest BCUT2D eigenvalue weighted by atomic mass is 10.0. The molecule has 0 aromatic rings. The fourth-order valence-electron chi connectivity index (χ4n) is 8.39. The lowest BCUT2D eigenvalue weighted by molar-refractivity contribution is -0.167. The van der Waals surface area contributed by atoms with E-state index < -0.39 is 6.10 Å². The maximum Gasteiger partial charge on any atom is 0.306 e. The SMILES string of the molecule is CC/C=C\C/C=C\C/C=C\C/C=C\C/C=C\C/C=C\CCCCCCCCCCCCCCC(=O)OCC(COC(=O)CCCCCCCC)OC(=O)CCCCCCCC/C=C\C/C=C\C/C=C\CCCCC. The van der Waals surface area contributed by atoms with Gasteiger partial charge in [0.15, 0.2) is 6.10 Å². The van der Waals surface area contributed by atoms with Crippen LogP contribution in [0, 0.1) is 0 Å². The van der Waals surface area contributed by atoms with E-state index in [-0.39, 0.29) is 31.1 Å². The molecule has 0 aliphatic heterocycles. The predicted octanol–water partition coefficient (Wildman–Crippen LogP) is 21.0. The molecule has 0 spiro atoms. The number of allylic oxidation sites excluding steroid dienone is 18. The van der Waals surface area contributed by atoms with Crippen LogP contribution in [0.3, 0.4) is 0 Å². The molecule has 0 amide bonds. The summed E-state index contributed by atoms with van der Waals surface area (Å²) < 4.78 is 16.8. The molecular weight excluding hydrogens is 913 g/mol. The Morgan fingerprint density at radius 2 is 0.527 bits per heavy atom. The number of esters is 3. The predicted molar refractivity (Wildman–Crippen MR) is 320 cm³/mol. The molecule has 0 bridgehead atoms. The largest absolute Gasteiger partial charge is 0.462 e. The third-order valence-electron chi connectivity index (χ3n) is 13.0. The number of carbonyl (C=O) groups is 3. The number of hydrogen-bond acceptors (Lipinski definition) is 6. The molecule has 0 aromatic carbocycles. The third-order valence-corrected chi connectivity index (χ3v) is 13.0. The molecule has 6 heteroatoms. The van der Waals surface area contributed by atoms with E-state index in [1.807, 2.05) is 0 Å². The molecule has 0 N–H and O–H groups in total. The summed E-state index contributed by atoms with van der Waals surface area (Å²) in [5.74, 6) is -0.904. The van der Waals surface area contributed by atoms with Crippen molar-refractivity contribution in [2.45, 2.75) is 290 Å². The molecule has 0 fully saturated rings. The van der Waals surface area contributed by atoms with Crippen LogP contribution in [0.1, 0.15) is 284 Å². The molecule has 422 valence electrons. The Hall–Kier alpha value is -3.93. The minimum Gasteiger partial charge on any atom is -0.462 e. The van der Waals surface area contributed by atoms with Gasteiger partial charge in [-0.25, -0.2) is 0 Å². The van der Waals surface area contributed by atoms with E-state index in [1.165, 1.54) is 122 Å². The molecule has 0 heterocycles. The maximum atomic E-state index is 12.8. The molecule has 0 saturated heterocycles. The Kier molecular flexibility index (Phi) is 58.3. The van der Waals surface area contributed by atoms with E-state index >= 15 is 0 Å². The fourth-order valence-corrected chi connectivity index (χ4v) is 8.39. The van der Waals surface area contributed by atoms with Crippen LogP contribution in [0.15, 0.2) is 109 Å². The average Bonchev–Trinajstić information content (AvgIpc) is 3.40. The Bertz CT molecular complexity index is 1510. The van der Waals surface area contributed by atoms with Gasteiger partial charge in [-0.05, 0) is 109 Å². The quantitative estimate of drug-likeness (QED) is 0.0261. The van der Waals surface area contributed by atoms with Gasteiger partial charge in [-0.15, -0.1) is 0 Å². The second-order valence-electron chi connectivity index (χ2n) is 20.2. The van der Waals surface area contributed by atoms with Crippen molar-refractivity contribution in [1.82, 2.24) is 0 Å². The van der Waals surface area contributed by atoms with E-state index in [1.54, 1.807) is 0 Å². The highest BCUT2D eigenvalue weighted by Crippen LogP contribution is 2.15. The van der Waals surface area contributed by atoms with E-state index in [4.69, 9.17) is 14.2 Å². The molecule has 1 unspecified atom stereocenters. The summed E-state index contributed by atoms with van der Waals surface area (Å²) in [5.41, 5.74) is 0. The molecule has 0 aliphatic carbocycles. The molecular formula is C68H114O6. The highest BCUT2D eigenvalue weighted by atomic mass is 16.6. The Labute approximate surface area is 457 Å². The monoisotopic (exact) mass is 1030 g/mol. The van der Waals surface area contributed by atoms with Crippen LogP contribution >= 0.6 is 0 Å². The zero-order chi connectivity index (χ0) is 53.6. The van der Waals surface area contributed by atoms with Gasteiger partial charge in [0.25, 0.3) is 0 Å². The van der Waals surface area contributed by atoms with Crippen molar-refractivity contribution in [2.24, 2.45) is 0 Å². The second-order valence-corrected chi connectivity index (χ2v) is 20.2. The highest BCUT2D eigenvalue weighted by Gasteiger charge is 2.19. The van der Waals surface area contributed by atoms with Crippen molar-refractivity contribution in [3.63, 3.8) is 0 Å². The van der Waals surface area contributed by atoms with E-state index in [9.17, 15) is 14.4 Å². The first-order valence-electron chi connectivity index (χ1n) is 30.9. The van der Waals surface area contributed by atoms with Crippen LogP contribution in [0.25, 0.3) is 0 Å². The smallest absolute Gasteiger partial charge is 0.306 e. The molecule has 0 aliphatic rings. The average molecular weight is 1030 g/mol. The van der Waals surface area contributed by atoms with Crippen molar-refractivity contribution in [3.05, 3.63) is 109 Å². The summed E-state index contributed by atoms with van der Waals surface area (Å²) in [4.78, 5) is 38.0. The molecule has 0 aromatic heterocycles. The number of ether oxygens (including phenoxy) is 3. The standard InChI is InChI=1S/C68H114O6/c1-4-7-10-13-16-18-20-22-24-26-28-29-30-31-32-33-34-35-36-37-38-39-41-42-44-46-48-50-52-55-58-61-67(70)73-64-65(63-72-66(69)60-57-54-15-12-9-6-3)74-68(71)62-59-56-53-51-49-47-45-43-40-27-25-23-21-19-17-14-11-8-5-2/h7,10,16-19,22-25,28-29,31-32,34-35,40,43,65H,4-6,8-9,11-15,20-21,26-27,30,33,36-39,41-42,44-64H2,1-3H3/b10-7-,18-16-,19-17-,24-22-,25-23-,29-28-,32-31-,35-34-,43-40-. The first kappa shape index (κ1) is 70.1. The van der Waals surface area contributed by atoms with Crippen molar-refractivity contribution >= 4 is 17.9 Å². The molecule has 6 nitrogen and oxygen atoms in total. The minimum atomic E-state index is -0.783. The van der Waals surface area contributed by atoms with Gasteiger partial charge in [-0.3, -0.25) is 14.4 Å². The van der Waals surface area contributed by atoms with E-state index in [2.05, 4.69) is 130 Å². The van der Waals surface area contributed by atoms with Crippen LogP contribution in [-0.4, -0.2) is 37.2 Å². The van der Waals surface area contributed by atoms with Crippen LogP contribution in [0.5, 0.6) is 0 Å². The zero-order valence-electron chi connectivity index (χ0n) is 48.3. The maximum absolute atomic E-state index is 12.8. The zero-order valence-corrected chi connectivity index (χ0v) is 48.3. The van der Waals surface area contributed by atoms with Crippen molar-refractivity contribution in [1.29, 1.82) is 0 Å². The van der Waals surface area contributed by atoms with Gasteiger partial charge in [0.05, 0.1) is 0 Å². The van der Waals surface area contributed by atoms with Crippen molar-refractivity contribution < 1.29 is 28.6 Å². The van der Waals surface area contributed by atoms with Gasteiger partial charge in [-0.1, -0.05) is 265 Å². The normalized spacial score (nSPS) is 12.9.